The number of amides is 2. The van der Waals surface area contributed by atoms with Gasteiger partial charge in [0.05, 0.1) is 18.6 Å². The van der Waals surface area contributed by atoms with Crippen LogP contribution in [-0.4, -0.2) is 73.5 Å². The van der Waals surface area contributed by atoms with Gasteiger partial charge < -0.3 is 20.3 Å². The zero-order valence-electron chi connectivity index (χ0n) is 19.2. The van der Waals surface area contributed by atoms with Gasteiger partial charge in [-0.15, -0.1) is 0 Å². The van der Waals surface area contributed by atoms with Gasteiger partial charge >= 0.3 is 0 Å². The van der Waals surface area contributed by atoms with E-state index < -0.39 is 5.54 Å². The average Bonchev–Trinajstić information content (AvgIpc) is 3.13. The molecule has 2 amide bonds. The van der Waals surface area contributed by atoms with Gasteiger partial charge in [0, 0.05) is 51.4 Å². The summed E-state index contributed by atoms with van der Waals surface area (Å²) >= 11 is 0. The minimum atomic E-state index is -0.583. The first-order chi connectivity index (χ1) is 16.1. The first-order valence-electron chi connectivity index (χ1n) is 11.8. The van der Waals surface area contributed by atoms with E-state index >= 15 is 0 Å². The summed E-state index contributed by atoms with van der Waals surface area (Å²) in [6.45, 7) is 5.15. The zero-order valence-corrected chi connectivity index (χ0v) is 19.2. The molecule has 2 saturated heterocycles. The lowest BCUT2D eigenvalue weighted by molar-refractivity contribution is -0.137. The van der Waals surface area contributed by atoms with Crippen LogP contribution in [0.1, 0.15) is 27.9 Å². The van der Waals surface area contributed by atoms with Crippen LogP contribution in [0, 0.1) is 5.92 Å². The number of likely N-dealkylation sites (tertiary alicyclic amines) is 1. The molecule has 7 heteroatoms. The smallest absolute Gasteiger partial charge is 0.252 e. The summed E-state index contributed by atoms with van der Waals surface area (Å²) in [4.78, 5) is 31.5. The predicted octanol–water partition coefficient (Wildman–Crippen LogP) is 1.67. The van der Waals surface area contributed by atoms with Gasteiger partial charge in [-0.2, -0.15) is 0 Å². The van der Waals surface area contributed by atoms with Crippen LogP contribution >= 0.6 is 0 Å². The van der Waals surface area contributed by atoms with Crippen molar-refractivity contribution in [3.05, 3.63) is 65.2 Å². The number of benzene rings is 2. The van der Waals surface area contributed by atoms with Crippen molar-refractivity contribution in [3.63, 3.8) is 0 Å². The molecule has 5 rings (SSSR count). The molecule has 7 nitrogen and oxygen atoms in total. The lowest BCUT2D eigenvalue weighted by Crippen LogP contribution is -2.59. The van der Waals surface area contributed by atoms with Gasteiger partial charge in [-0.05, 0) is 36.1 Å². The summed E-state index contributed by atoms with van der Waals surface area (Å²) in [5.74, 6) is 0.460. The largest absolute Gasteiger partial charge is 0.497 e. The Labute approximate surface area is 195 Å². The van der Waals surface area contributed by atoms with Crippen molar-refractivity contribution in [1.82, 2.24) is 20.4 Å². The van der Waals surface area contributed by atoms with E-state index in [1.165, 1.54) is 5.56 Å². The van der Waals surface area contributed by atoms with E-state index in [1.54, 1.807) is 7.11 Å². The number of nitrogens with zero attached hydrogens (tertiary/aromatic N) is 2. The monoisotopic (exact) mass is 448 g/mol. The topological polar surface area (TPSA) is 73.9 Å². The van der Waals surface area contributed by atoms with Crippen molar-refractivity contribution in [2.45, 2.75) is 24.9 Å². The van der Waals surface area contributed by atoms with Crippen LogP contribution in [0.15, 0.2) is 48.5 Å². The highest BCUT2D eigenvalue weighted by Crippen LogP contribution is 2.37. The number of fused-ring (bicyclic) bond motifs is 1. The van der Waals surface area contributed by atoms with Crippen LogP contribution in [0.4, 0.5) is 0 Å². The molecule has 2 fully saturated rings. The normalized spacial score (nSPS) is 25.4. The van der Waals surface area contributed by atoms with Gasteiger partial charge in [0.2, 0.25) is 5.91 Å². The quantitative estimate of drug-likeness (QED) is 0.745. The van der Waals surface area contributed by atoms with Crippen LogP contribution in [0.5, 0.6) is 5.75 Å². The molecule has 0 radical (unpaired) electrons. The summed E-state index contributed by atoms with van der Waals surface area (Å²) in [5, 5.41) is 6.67. The number of hydrogen-bond donors (Lipinski definition) is 2. The molecule has 3 aliphatic rings. The number of nitrogens with one attached hydrogen (secondary N) is 2. The molecular formula is C26H32N4O3. The predicted molar refractivity (Wildman–Crippen MR) is 126 cm³/mol. The Hall–Kier alpha value is -2.90. The SMILES string of the molecule is COc1ccc2c(c1)C(=O)N[C@]1(CC2)CN(Cc2ccccc2)C[C@H]1C(=O)N1CCNCC1. The maximum Gasteiger partial charge on any atom is 0.252 e. The molecule has 0 aromatic heterocycles. The maximum absolute atomic E-state index is 13.8. The number of carbonyl (C=O) groups is 2. The van der Waals surface area contributed by atoms with Crippen molar-refractivity contribution in [2.75, 3.05) is 46.4 Å². The van der Waals surface area contributed by atoms with E-state index in [2.05, 4.69) is 27.7 Å². The summed E-state index contributed by atoms with van der Waals surface area (Å²) in [7, 11) is 1.61. The molecule has 2 aromatic rings. The van der Waals surface area contributed by atoms with E-state index in [0.717, 1.165) is 51.1 Å². The van der Waals surface area contributed by atoms with Gasteiger partial charge in [-0.3, -0.25) is 14.5 Å². The average molecular weight is 449 g/mol. The number of carbonyl (C=O) groups excluding carboxylic acids is 2. The molecule has 174 valence electrons. The Morgan fingerprint density at radius 2 is 1.94 bits per heavy atom. The van der Waals surface area contributed by atoms with E-state index in [0.29, 0.717) is 24.4 Å². The first kappa shape index (κ1) is 21.9. The highest BCUT2D eigenvalue weighted by Gasteiger charge is 2.52. The third-order valence-electron chi connectivity index (χ3n) is 7.35. The van der Waals surface area contributed by atoms with E-state index in [-0.39, 0.29) is 17.7 Å². The van der Waals surface area contributed by atoms with Gasteiger partial charge in [-0.25, -0.2) is 0 Å². The van der Waals surface area contributed by atoms with Gasteiger partial charge in [0.1, 0.15) is 5.75 Å². The number of methoxy groups -OCH3 is 1. The van der Waals surface area contributed by atoms with Crippen LogP contribution in [-0.2, 0) is 17.8 Å². The molecular weight excluding hydrogens is 416 g/mol. The second-order valence-corrected chi connectivity index (χ2v) is 9.42. The Morgan fingerprint density at radius 3 is 2.70 bits per heavy atom. The van der Waals surface area contributed by atoms with Gasteiger partial charge in [0.25, 0.3) is 5.91 Å². The van der Waals surface area contributed by atoms with Crippen molar-refractivity contribution >= 4 is 11.8 Å². The molecule has 0 bridgehead atoms. The molecule has 2 N–H and O–H groups in total. The third kappa shape index (κ3) is 4.35. The fourth-order valence-electron chi connectivity index (χ4n) is 5.59. The van der Waals surface area contributed by atoms with E-state index in [9.17, 15) is 9.59 Å². The van der Waals surface area contributed by atoms with E-state index in [4.69, 9.17) is 4.74 Å². The zero-order chi connectivity index (χ0) is 22.8. The van der Waals surface area contributed by atoms with Crippen molar-refractivity contribution in [3.8, 4) is 5.75 Å². The number of aryl methyl sites for hydroxylation is 1. The summed E-state index contributed by atoms with van der Waals surface area (Å²) in [5.41, 5.74) is 2.30. The van der Waals surface area contributed by atoms with Crippen molar-refractivity contribution in [1.29, 1.82) is 0 Å². The molecule has 33 heavy (non-hydrogen) atoms. The van der Waals surface area contributed by atoms with Crippen LogP contribution in [0.2, 0.25) is 0 Å². The first-order valence-corrected chi connectivity index (χ1v) is 11.8. The molecule has 2 aromatic carbocycles. The fraction of sp³-hybridized carbons (Fsp3) is 0.462. The summed E-state index contributed by atoms with van der Waals surface area (Å²) in [6, 6.07) is 16.0. The molecule has 0 unspecified atom stereocenters. The van der Waals surface area contributed by atoms with Crippen LogP contribution in [0.3, 0.4) is 0 Å². The maximum atomic E-state index is 13.8. The molecule has 1 spiro atoms. The molecule has 3 heterocycles. The number of rotatable bonds is 4. The van der Waals surface area contributed by atoms with Crippen molar-refractivity contribution < 1.29 is 14.3 Å². The van der Waals surface area contributed by atoms with E-state index in [1.807, 2.05) is 41.3 Å². The molecule has 2 atom stereocenters. The Kier molecular flexibility index (Phi) is 6.08. The molecule has 3 aliphatic heterocycles. The summed E-state index contributed by atoms with van der Waals surface area (Å²) in [6.07, 6.45) is 1.49. The summed E-state index contributed by atoms with van der Waals surface area (Å²) < 4.78 is 5.35. The number of piperazine rings is 1. The van der Waals surface area contributed by atoms with Gasteiger partial charge in [0.15, 0.2) is 0 Å². The second kappa shape index (κ2) is 9.15. The minimum absolute atomic E-state index is 0.110. The minimum Gasteiger partial charge on any atom is -0.497 e. The van der Waals surface area contributed by atoms with Crippen LogP contribution in [0.25, 0.3) is 0 Å². The molecule has 0 aliphatic carbocycles. The lowest BCUT2D eigenvalue weighted by Gasteiger charge is -2.38. The second-order valence-electron chi connectivity index (χ2n) is 9.42. The number of ether oxygens (including phenoxy) is 1. The Balaban J connectivity index is 1.45. The highest BCUT2D eigenvalue weighted by molar-refractivity contribution is 5.98. The standard InChI is InChI=1S/C26H32N4O3/c1-33-21-8-7-20-9-10-26(28-24(31)22(20)15-21)18-29(16-19-5-3-2-4-6-19)17-23(26)25(32)30-13-11-27-12-14-30/h2-8,15,23,27H,9-14,16-18H2,1H3,(H,28,31)/t23-,26+/m0/s1. The van der Waals surface area contributed by atoms with Gasteiger partial charge in [-0.1, -0.05) is 36.4 Å². The third-order valence-corrected chi connectivity index (χ3v) is 7.35. The molecule has 0 saturated carbocycles. The lowest BCUT2D eigenvalue weighted by atomic mass is 9.81. The highest BCUT2D eigenvalue weighted by atomic mass is 16.5. The number of hydrogen-bond acceptors (Lipinski definition) is 5. The Bertz CT molecular complexity index is 1020. The fourth-order valence-corrected chi connectivity index (χ4v) is 5.59. The van der Waals surface area contributed by atoms with Crippen LogP contribution < -0.4 is 15.4 Å². The Morgan fingerprint density at radius 1 is 1.15 bits per heavy atom. The van der Waals surface area contributed by atoms with Crippen molar-refractivity contribution in [2.24, 2.45) is 5.92 Å².